The Labute approximate surface area is 240 Å². The number of rotatable bonds is 11. The molecule has 2 aromatic heterocycles. The van der Waals surface area contributed by atoms with E-state index >= 15 is 4.39 Å². The topological polar surface area (TPSA) is 93.2 Å². The lowest BCUT2D eigenvalue weighted by Crippen LogP contribution is -2.44. The number of nitrogens with one attached hydrogen (secondary N) is 3. The molecular formula is C29H29F3N6O2S. The number of hydrogen-bond donors (Lipinski definition) is 3. The van der Waals surface area contributed by atoms with E-state index in [0.29, 0.717) is 35.5 Å². The van der Waals surface area contributed by atoms with Crippen LogP contribution in [0.4, 0.5) is 24.8 Å². The van der Waals surface area contributed by atoms with Crippen LogP contribution in [0.3, 0.4) is 0 Å². The highest BCUT2D eigenvalue weighted by atomic mass is 32.2. The third kappa shape index (κ3) is 7.26. The van der Waals surface area contributed by atoms with Crippen molar-refractivity contribution in [3.05, 3.63) is 90.0 Å². The summed E-state index contributed by atoms with van der Waals surface area (Å²) in [5, 5.41) is 6.72. The van der Waals surface area contributed by atoms with E-state index in [0.717, 1.165) is 43.1 Å². The number of methoxy groups -OCH3 is 1. The summed E-state index contributed by atoms with van der Waals surface area (Å²) in [5.41, 5.74) is 1.20. The minimum absolute atomic E-state index is 0.0616. The molecule has 2 atom stereocenters. The number of nitrogens with zero attached hydrogens (tertiary/aromatic N) is 3. The van der Waals surface area contributed by atoms with Gasteiger partial charge in [0.2, 0.25) is 17.6 Å². The van der Waals surface area contributed by atoms with Crippen LogP contribution in [0.1, 0.15) is 12.0 Å². The largest absolute Gasteiger partial charge is 0.435 e. The van der Waals surface area contributed by atoms with Gasteiger partial charge in [0.1, 0.15) is 5.69 Å². The summed E-state index contributed by atoms with van der Waals surface area (Å²) in [5.74, 6) is -3.24. The van der Waals surface area contributed by atoms with Crippen molar-refractivity contribution in [1.29, 1.82) is 0 Å². The number of anilines is 2. The van der Waals surface area contributed by atoms with Gasteiger partial charge in [-0.1, -0.05) is 30.3 Å². The van der Waals surface area contributed by atoms with Crippen LogP contribution in [0.2, 0.25) is 0 Å². The molecule has 0 aliphatic carbocycles. The van der Waals surface area contributed by atoms with E-state index in [1.54, 1.807) is 31.5 Å². The van der Waals surface area contributed by atoms with Crippen LogP contribution in [-0.2, 0) is 10.5 Å². The number of halogens is 3. The van der Waals surface area contributed by atoms with Gasteiger partial charge >= 0.3 is 0 Å². The minimum atomic E-state index is -1.39. The van der Waals surface area contributed by atoms with Crippen molar-refractivity contribution in [2.45, 2.75) is 18.2 Å². The number of hydrogen-bond acceptors (Lipinski definition) is 9. The molecular weight excluding hydrogens is 553 g/mol. The van der Waals surface area contributed by atoms with Crippen molar-refractivity contribution >= 4 is 23.6 Å². The monoisotopic (exact) mass is 582 g/mol. The molecule has 0 radical (unpaired) electrons. The average molecular weight is 583 g/mol. The van der Waals surface area contributed by atoms with Gasteiger partial charge < -0.3 is 24.8 Å². The van der Waals surface area contributed by atoms with Crippen molar-refractivity contribution in [3.8, 4) is 22.9 Å². The van der Waals surface area contributed by atoms with Crippen molar-refractivity contribution < 1.29 is 22.6 Å². The number of aromatic nitrogens is 3. The summed E-state index contributed by atoms with van der Waals surface area (Å²) in [6.45, 7) is 2.29. The normalized spacial score (nSPS) is 16.8. The Hall–Kier alpha value is -3.87. The van der Waals surface area contributed by atoms with Crippen LogP contribution in [0.5, 0.6) is 11.6 Å². The Morgan fingerprint density at radius 1 is 1.00 bits per heavy atom. The average Bonchev–Trinajstić information content (AvgIpc) is 2.99. The predicted molar refractivity (Wildman–Crippen MR) is 153 cm³/mol. The van der Waals surface area contributed by atoms with E-state index in [1.807, 2.05) is 30.3 Å². The van der Waals surface area contributed by atoms with E-state index in [4.69, 9.17) is 9.47 Å². The van der Waals surface area contributed by atoms with Gasteiger partial charge in [-0.3, -0.25) is 0 Å². The van der Waals surface area contributed by atoms with Crippen molar-refractivity contribution in [2.24, 2.45) is 5.92 Å². The standard InChI is InChI=1S/C29H29F3N6O2S/c1-39-16-19-12-20(15-33-14-19)36-29-35-11-9-23(37-29)21-8-5-10-34-28(21)40-24-13-22(30)27(26(32)25(24)31)38-41-17-18-6-3-2-4-7-18/h2-11,13,19-20,33,38H,12,14-17H2,1H3,(H,35,36,37). The molecule has 2 unspecified atom stereocenters. The van der Waals surface area contributed by atoms with E-state index in [1.165, 1.54) is 6.20 Å². The highest BCUT2D eigenvalue weighted by Crippen LogP contribution is 2.36. The molecule has 1 fully saturated rings. The number of benzene rings is 2. The highest BCUT2D eigenvalue weighted by molar-refractivity contribution is 7.99. The van der Waals surface area contributed by atoms with E-state index < -0.39 is 28.9 Å². The van der Waals surface area contributed by atoms with Crippen LogP contribution in [-0.4, -0.2) is 47.8 Å². The molecule has 3 N–H and O–H groups in total. The van der Waals surface area contributed by atoms with Crippen molar-refractivity contribution in [1.82, 2.24) is 20.3 Å². The van der Waals surface area contributed by atoms with Gasteiger partial charge in [0.05, 0.1) is 17.9 Å². The van der Waals surface area contributed by atoms with Crippen molar-refractivity contribution in [3.63, 3.8) is 0 Å². The summed E-state index contributed by atoms with van der Waals surface area (Å²) in [6.07, 6.45) is 3.91. The fourth-order valence-corrected chi connectivity index (χ4v) is 5.31. The first-order chi connectivity index (χ1) is 20.0. The Morgan fingerprint density at radius 2 is 1.85 bits per heavy atom. The summed E-state index contributed by atoms with van der Waals surface area (Å²) in [4.78, 5) is 13.1. The molecule has 214 valence electrons. The predicted octanol–water partition coefficient (Wildman–Crippen LogP) is 6.04. The second kappa shape index (κ2) is 13.7. The molecule has 4 aromatic rings. The Kier molecular flexibility index (Phi) is 9.55. The first kappa shape index (κ1) is 28.7. The van der Waals surface area contributed by atoms with Gasteiger partial charge in [-0.25, -0.2) is 23.7 Å². The molecule has 1 aliphatic rings. The first-order valence-corrected chi connectivity index (χ1v) is 14.0. The third-order valence-corrected chi connectivity index (χ3v) is 7.29. The molecule has 0 saturated carbocycles. The second-order valence-corrected chi connectivity index (χ2v) is 10.3. The van der Waals surface area contributed by atoms with Crippen LogP contribution in [0.25, 0.3) is 11.3 Å². The molecule has 41 heavy (non-hydrogen) atoms. The van der Waals surface area contributed by atoms with Crippen LogP contribution >= 0.6 is 11.9 Å². The van der Waals surface area contributed by atoms with E-state index in [-0.39, 0.29) is 11.9 Å². The molecule has 1 aliphatic heterocycles. The molecule has 5 rings (SSSR count). The SMILES string of the molecule is COCC1CNCC(Nc2nccc(-c3cccnc3Oc3cc(F)c(NSCc4ccccc4)c(F)c3F)n2)C1. The molecule has 3 heterocycles. The van der Waals surface area contributed by atoms with Gasteiger partial charge in [-0.15, -0.1) is 0 Å². The second-order valence-electron chi connectivity index (χ2n) is 9.52. The number of piperidine rings is 1. The maximum Gasteiger partial charge on any atom is 0.228 e. The zero-order valence-corrected chi connectivity index (χ0v) is 23.1. The molecule has 12 heteroatoms. The lowest BCUT2D eigenvalue weighted by molar-refractivity contribution is 0.134. The Bertz CT molecular complexity index is 1460. The fourth-order valence-electron chi connectivity index (χ4n) is 4.54. The van der Waals surface area contributed by atoms with Gasteiger partial charge in [0.25, 0.3) is 0 Å². The van der Waals surface area contributed by atoms with Gasteiger partial charge in [-0.2, -0.15) is 4.39 Å². The summed E-state index contributed by atoms with van der Waals surface area (Å²) in [7, 11) is 1.68. The lowest BCUT2D eigenvalue weighted by Gasteiger charge is -2.30. The molecule has 2 aromatic carbocycles. The first-order valence-electron chi connectivity index (χ1n) is 13.0. The van der Waals surface area contributed by atoms with E-state index in [2.05, 4.69) is 30.3 Å². The number of ether oxygens (including phenoxy) is 2. The van der Waals surface area contributed by atoms with Crippen molar-refractivity contribution in [2.75, 3.05) is 36.8 Å². The van der Waals surface area contributed by atoms with Gasteiger partial charge in [-0.05, 0) is 48.0 Å². The third-order valence-electron chi connectivity index (χ3n) is 6.47. The quantitative estimate of drug-likeness (QED) is 0.144. The zero-order valence-electron chi connectivity index (χ0n) is 22.2. The molecule has 0 spiro atoms. The maximum absolute atomic E-state index is 15.0. The molecule has 0 bridgehead atoms. The summed E-state index contributed by atoms with van der Waals surface area (Å²) < 4.78 is 58.3. The summed E-state index contributed by atoms with van der Waals surface area (Å²) in [6, 6.07) is 15.2. The van der Waals surface area contributed by atoms with Crippen LogP contribution in [0.15, 0.2) is 67.0 Å². The highest BCUT2D eigenvalue weighted by Gasteiger charge is 2.24. The number of pyridine rings is 1. The Balaban J connectivity index is 1.31. The lowest BCUT2D eigenvalue weighted by atomic mass is 9.96. The maximum atomic E-state index is 15.0. The summed E-state index contributed by atoms with van der Waals surface area (Å²) >= 11 is 1.04. The minimum Gasteiger partial charge on any atom is -0.435 e. The van der Waals surface area contributed by atoms with Gasteiger partial charge in [0.15, 0.2) is 17.4 Å². The molecule has 8 nitrogen and oxygen atoms in total. The van der Waals surface area contributed by atoms with Gasteiger partial charge in [0, 0.05) is 50.5 Å². The van der Waals surface area contributed by atoms with Crippen LogP contribution < -0.4 is 20.1 Å². The van der Waals surface area contributed by atoms with Crippen LogP contribution in [0, 0.1) is 23.4 Å². The smallest absolute Gasteiger partial charge is 0.228 e. The van der Waals surface area contributed by atoms with E-state index in [9.17, 15) is 8.78 Å². The zero-order chi connectivity index (χ0) is 28.6. The fraction of sp³-hybridized carbons (Fsp3) is 0.276. The molecule has 1 saturated heterocycles. The molecule has 0 amide bonds. The Morgan fingerprint density at radius 3 is 2.68 bits per heavy atom.